The summed E-state index contributed by atoms with van der Waals surface area (Å²) in [6.45, 7) is 2.34. The number of unbranched alkanes of at least 4 members (excludes halogenated alkanes) is 1. The third kappa shape index (κ3) is 3.75. The second-order valence-electron chi connectivity index (χ2n) is 4.31. The van der Waals surface area contributed by atoms with E-state index < -0.39 is 11.6 Å². The Morgan fingerprint density at radius 2 is 2.00 bits per heavy atom. The molecular weight excluding hydrogens is 222 g/mol. The van der Waals surface area contributed by atoms with Crippen molar-refractivity contribution in [2.45, 2.75) is 38.1 Å². The van der Waals surface area contributed by atoms with E-state index in [4.69, 9.17) is 11.5 Å². The van der Waals surface area contributed by atoms with Gasteiger partial charge >= 0.3 is 0 Å². The smallest absolute Gasteiger partial charge is 0.129 e. The highest BCUT2D eigenvalue weighted by Gasteiger charge is 2.21. The van der Waals surface area contributed by atoms with Crippen molar-refractivity contribution in [1.82, 2.24) is 0 Å². The summed E-state index contributed by atoms with van der Waals surface area (Å²) in [5.41, 5.74) is 12.1. The summed E-state index contributed by atoms with van der Waals surface area (Å²) in [6.07, 6.45) is 2.83. The van der Waals surface area contributed by atoms with Gasteiger partial charge in [0.15, 0.2) is 0 Å². The molecule has 0 amide bonds. The molecule has 1 aromatic rings. The Hall–Kier alpha value is -1.00. The number of halogens is 2. The molecule has 0 aliphatic rings. The standard InChI is InChI=1S/C13H20F2N2/c1-2-3-4-13(17)11(8-16)10-6-5-9(14)7-12(10)15/h5-7,11,13H,2-4,8,16-17H2,1H3. The number of rotatable bonds is 6. The Labute approximate surface area is 101 Å². The molecule has 96 valence electrons. The number of hydrogen-bond donors (Lipinski definition) is 2. The summed E-state index contributed by atoms with van der Waals surface area (Å²) < 4.78 is 26.4. The summed E-state index contributed by atoms with van der Waals surface area (Å²) in [4.78, 5) is 0. The maximum absolute atomic E-state index is 13.6. The van der Waals surface area contributed by atoms with Crippen LogP contribution in [0, 0.1) is 11.6 Å². The first kappa shape index (κ1) is 14.1. The molecule has 0 bridgehead atoms. The SMILES string of the molecule is CCCCC(N)C(CN)c1ccc(F)cc1F. The van der Waals surface area contributed by atoms with Crippen LogP contribution in [0.3, 0.4) is 0 Å². The van der Waals surface area contributed by atoms with Crippen molar-refractivity contribution in [2.75, 3.05) is 6.54 Å². The molecule has 0 radical (unpaired) electrons. The van der Waals surface area contributed by atoms with Gasteiger partial charge in [-0.15, -0.1) is 0 Å². The Bertz CT molecular complexity index is 355. The minimum atomic E-state index is -0.579. The fourth-order valence-corrected chi connectivity index (χ4v) is 1.98. The van der Waals surface area contributed by atoms with E-state index in [1.807, 2.05) is 0 Å². The van der Waals surface area contributed by atoms with Gasteiger partial charge in [0.25, 0.3) is 0 Å². The predicted molar refractivity (Wildman–Crippen MR) is 65.7 cm³/mol. The van der Waals surface area contributed by atoms with Crippen LogP contribution in [0.1, 0.15) is 37.7 Å². The molecule has 2 unspecified atom stereocenters. The van der Waals surface area contributed by atoms with Crippen molar-refractivity contribution in [2.24, 2.45) is 11.5 Å². The van der Waals surface area contributed by atoms with E-state index in [-0.39, 0.29) is 18.5 Å². The summed E-state index contributed by atoms with van der Waals surface area (Å²) in [7, 11) is 0. The fraction of sp³-hybridized carbons (Fsp3) is 0.538. The van der Waals surface area contributed by atoms with Crippen molar-refractivity contribution >= 4 is 0 Å². The maximum atomic E-state index is 13.6. The van der Waals surface area contributed by atoms with Crippen LogP contribution in [0.25, 0.3) is 0 Å². The van der Waals surface area contributed by atoms with Crippen LogP contribution in [0.4, 0.5) is 8.78 Å². The minimum Gasteiger partial charge on any atom is -0.330 e. The zero-order chi connectivity index (χ0) is 12.8. The summed E-state index contributed by atoms with van der Waals surface area (Å²) in [5.74, 6) is -1.39. The first-order chi connectivity index (χ1) is 8.10. The molecule has 4 heteroatoms. The molecule has 0 saturated carbocycles. The van der Waals surface area contributed by atoms with E-state index in [9.17, 15) is 8.78 Å². The number of benzene rings is 1. The normalized spacial score (nSPS) is 14.6. The van der Waals surface area contributed by atoms with Gasteiger partial charge in [-0.25, -0.2) is 8.78 Å². The van der Waals surface area contributed by atoms with Crippen molar-refractivity contribution < 1.29 is 8.78 Å². The van der Waals surface area contributed by atoms with Gasteiger partial charge in [-0.05, 0) is 18.1 Å². The first-order valence-corrected chi connectivity index (χ1v) is 6.00. The van der Waals surface area contributed by atoms with Crippen molar-refractivity contribution in [1.29, 1.82) is 0 Å². The molecule has 0 aromatic heterocycles. The summed E-state index contributed by atoms with van der Waals surface area (Å²) in [5, 5.41) is 0. The molecule has 1 rings (SSSR count). The van der Waals surface area contributed by atoms with Gasteiger partial charge in [0, 0.05) is 24.6 Å². The molecule has 1 aromatic carbocycles. The third-order valence-corrected chi connectivity index (χ3v) is 3.02. The van der Waals surface area contributed by atoms with E-state index in [0.717, 1.165) is 25.3 Å². The van der Waals surface area contributed by atoms with Gasteiger partial charge in [0.05, 0.1) is 0 Å². The minimum absolute atomic E-state index is 0.181. The lowest BCUT2D eigenvalue weighted by Gasteiger charge is -2.23. The Morgan fingerprint density at radius 3 is 2.53 bits per heavy atom. The lowest BCUT2D eigenvalue weighted by atomic mass is 9.88. The Morgan fingerprint density at radius 1 is 1.29 bits per heavy atom. The van der Waals surface area contributed by atoms with E-state index in [1.54, 1.807) is 0 Å². The van der Waals surface area contributed by atoms with Gasteiger partial charge in [-0.2, -0.15) is 0 Å². The highest BCUT2D eigenvalue weighted by molar-refractivity contribution is 5.24. The van der Waals surface area contributed by atoms with Gasteiger partial charge in [-0.1, -0.05) is 25.8 Å². The molecule has 2 atom stereocenters. The van der Waals surface area contributed by atoms with Crippen LogP contribution < -0.4 is 11.5 Å². The van der Waals surface area contributed by atoms with Crippen LogP contribution in [0.2, 0.25) is 0 Å². The van der Waals surface area contributed by atoms with Crippen LogP contribution >= 0.6 is 0 Å². The van der Waals surface area contributed by atoms with E-state index in [2.05, 4.69) is 6.92 Å². The molecule has 0 fully saturated rings. The van der Waals surface area contributed by atoms with Crippen molar-refractivity contribution in [3.05, 3.63) is 35.4 Å². The molecule has 0 saturated heterocycles. The summed E-state index contributed by atoms with van der Waals surface area (Å²) >= 11 is 0. The third-order valence-electron chi connectivity index (χ3n) is 3.02. The van der Waals surface area contributed by atoms with Gasteiger partial charge in [0.2, 0.25) is 0 Å². The van der Waals surface area contributed by atoms with Crippen LogP contribution in [-0.4, -0.2) is 12.6 Å². The average molecular weight is 242 g/mol. The lowest BCUT2D eigenvalue weighted by molar-refractivity contribution is 0.466. The monoisotopic (exact) mass is 242 g/mol. The molecule has 0 spiro atoms. The molecule has 0 aliphatic heterocycles. The molecule has 17 heavy (non-hydrogen) atoms. The first-order valence-electron chi connectivity index (χ1n) is 6.00. The zero-order valence-electron chi connectivity index (χ0n) is 10.1. The Balaban J connectivity index is 2.85. The molecule has 4 N–H and O–H groups in total. The predicted octanol–water partition coefficient (Wildman–Crippen LogP) is 2.52. The molecule has 2 nitrogen and oxygen atoms in total. The second-order valence-corrected chi connectivity index (χ2v) is 4.31. The van der Waals surface area contributed by atoms with E-state index in [1.165, 1.54) is 12.1 Å². The Kier molecular flexibility index (Phi) is 5.51. The van der Waals surface area contributed by atoms with Crippen LogP contribution in [0.5, 0.6) is 0 Å². The van der Waals surface area contributed by atoms with Gasteiger partial charge < -0.3 is 11.5 Å². The highest BCUT2D eigenvalue weighted by atomic mass is 19.1. The van der Waals surface area contributed by atoms with Crippen LogP contribution in [-0.2, 0) is 0 Å². The maximum Gasteiger partial charge on any atom is 0.129 e. The topological polar surface area (TPSA) is 52.0 Å². The van der Waals surface area contributed by atoms with Crippen LogP contribution in [0.15, 0.2) is 18.2 Å². The molecular formula is C13H20F2N2. The summed E-state index contributed by atoms with van der Waals surface area (Å²) in [6, 6.07) is 3.38. The lowest BCUT2D eigenvalue weighted by Crippen LogP contribution is -2.33. The van der Waals surface area contributed by atoms with E-state index in [0.29, 0.717) is 5.56 Å². The highest BCUT2D eigenvalue weighted by Crippen LogP contribution is 2.24. The fourth-order valence-electron chi connectivity index (χ4n) is 1.98. The largest absolute Gasteiger partial charge is 0.330 e. The quantitative estimate of drug-likeness (QED) is 0.805. The number of hydrogen-bond acceptors (Lipinski definition) is 2. The van der Waals surface area contributed by atoms with E-state index >= 15 is 0 Å². The molecule has 0 aliphatic carbocycles. The van der Waals surface area contributed by atoms with Crippen molar-refractivity contribution in [3.8, 4) is 0 Å². The molecule has 0 heterocycles. The second kappa shape index (κ2) is 6.67. The van der Waals surface area contributed by atoms with Gasteiger partial charge in [-0.3, -0.25) is 0 Å². The van der Waals surface area contributed by atoms with Crippen molar-refractivity contribution in [3.63, 3.8) is 0 Å². The average Bonchev–Trinajstić information content (AvgIpc) is 2.30. The number of nitrogens with two attached hydrogens (primary N) is 2. The zero-order valence-corrected chi connectivity index (χ0v) is 10.1. The van der Waals surface area contributed by atoms with Gasteiger partial charge in [0.1, 0.15) is 11.6 Å².